The number of hydrogen-bond acceptors (Lipinski definition) is 5. The standard InChI is InChI=1S/C26H33N3OS.C2H6O/c1-4-6-7-8-11-23-19(3)10-9-12-24(23)27-17-20-13-15-21(16-14-20)25(30)29-26-28-22(5-2)18-31-26;1-3-2/h9-10,12-16,18,27H,4-8,11,17H2,1-3H3,(H,28,29,30);1-2H3. The van der Waals surface area contributed by atoms with Gasteiger partial charge in [0.1, 0.15) is 0 Å². The minimum Gasteiger partial charge on any atom is -0.388 e. The van der Waals surface area contributed by atoms with Gasteiger partial charge in [0.15, 0.2) is 5.13 Å². The van der Waals surface area contributed by atoms with E-state index in [0.29, 0.717) is 10.7 Å². The van der Waals surface area contributed by atoms with Crippen LogP contribution in [0.1, 0.15) is 72.3 Å². The molecule has 0 aliphatic heterocycles. The lowest BCUT2D eigenvalue weighted by atomic mass is 9.99. The van der Waals surface area contributed by atoms with E-state index in [2.05, 4.69) is 59.3 Å². The highest BCUT2D eigenvalue weighted by Gasteiger charge is 2.10. The van der Waals surface area contributed by atoms with Gasteiger partial charge in [0.2, 0.25) is 0 Å². The third-order valence-corrected chi connectivity index (χ3v) is 6.33. The molecule has 0 aliphatic rings. The van der Waals surface area contributed by atoms with Gasteiger partial charge < -0.3 is 10.1 Å². The van der Waals surface area contributed by atoms with Crippen molar-refractivity contribution < 1.29 is 9.53 Å². The summed E-state index contributed by atoms with van der Waals surface area (Å²) >= 11 is 1.46. The number of anilines is 2. The second kappa shape index (κ2) is 15.3. The average Bonchev–Trinajstić information content (AvgIpc) is 3.30. The summed E-state index contributed by atoms with van der Waals surface area (Å²) in [5.74, 6) is -0.121. The van der Waals surface area contributed by atoms with Crippen LogP contribution in [0.25, 0.3) is 0 Å². The number of nitrogens with one attached hydrogen (secondary N) is 2. The van der Waals surface area contributed by atoms with E-state index in [1.807, 2.05) is 29.6 Å². The van der Waals surface area contributed by atoms with Crippen LogP contribution in [0.4, 0.5) is 10.8 Å². The smallest absolute Gasteiger partial charge is 0.257 e. The van der Waals surface area contributed by atoms with Crippen LogP contribution in [-0.2, 0) is 24.1 Å². The number of carbonyl (C=O) groups excluding carboxylic acids is 1. The lowest BCUT2D eigenvalue weighted by Gasteiger charge is -2.15. The monoisotopic (exact) mass is 481 g/mol. The number of aromatic nitrogens is 1. The minimum atomic E-state index is -0.121. The zero-order valence-corrected chi connectivity index (χ0v) is 22.1. The second-order valence-corrected chi connectivity index (χ2v) is 9.18. The Labute approximate surface area is 209 Å². The quantitative estimate of drug-likeness (QED) is 0.283. The van der Waals surface area contributed by atoms with E-state index < -0.39 is 0 Å². The van der Waals surface area contributed by atoms with Crippen molar-refractivity contribution in [2.45, 2.75) is 65.8 Å². The molecular weight excluding hydrogens is 442 g/mol. The van der Waals surface area contributed by atoms with E-state index in [0.717, 1.165) is 30.6 Å². The normalized spacial score (nSPS) is 10.4. The van der Waals surface area contributed by atoms with Crippen molar-refractivity contribution in [3.8, 4) is 0 Å². The number of methoxy groups -OCH3 is 1. The molecule has 184 valence electrons. The molecule has 6 heteroatoms. The molecule has 2 N–H and O–H groups in total. The average molecular weight is 482 g/mol. The van der Waals surface area contributed by atoms with Gasteiger partial charge in [-0.15, -0.1) is 11.3 Å². The largest absolute Gasteiger partial charge is 0.388 e. The van der Waals surface area contributed by atoms with Gasteiger partial charge in [-0.2, -0.15) is 0 Å². The third kappa shape index (κ3) is 8.92. The number of aryl methyl sites for hydroxylation is 2. The lowest BCUT2D eigenvalue weighted by Crippen LogP contribution is -2.12. The third-order valence-electron chi connectivity index (χ3n) is 5.52. The van der Waals surface area contributed by atoms with Gasteiger partial charge in [0.05, 0.1) is 5.69 Å². The summed E-state index contributed by atoms with van der Waals surface area (Å²) in [7, 11) is 3.25. The van der Waals surface area contributed by atoms with E-state index in [1.165, 1.54) is 53.8 Å². The van der Waals surface area contributed by atoms with Gasteiger partial charge in [0, 0.05) is 37.4 Å². The predicted octanol–water partition coefficient (Wildman–Crippen LogP) is 7.26. The SMILES string of the molecule is CCCCCCc1c(C)cccc1NCc1ccc(C(=O)Nc2nc(CC)cs2)cc1.COC. The molecule has 0 saturated carbocycles. The first-order chi connectivity index (χ1) is 16.5. The summed E-state index contributed by atoms with van der Waals surface area (Å²) in [4.78, 5) is 16.9. The first-order valence-corrected chi connectivity index (χ1v) is 13.0. The highest BCUT2D eigenvalue weighted by atomic mass is 32.1. The molecule has 0 unspecified atom stereocenters. The van der Waals surface area contributed by atoms with E-state index in [4.69, 9.17) is 0 Å². The summed E-state index contributed by atoms with van der Waals surface area (Å²) in [6, 6.07) is 14.3. The van der Waals surface area contributed by atoms with Crippen molar-refractivity contribution in [2.75, 3.05) is 24.9 Å². The summed E-state index contributed by atoms with van der Waals surface area (Å²) in [6.07, 6.45) is 7.07. The van der Waals surface area contributed by atoms with Gasteiger partial charge in [-0.05, 0) is 61.1 Å². The van der Waals surface area contributed by atoms with Crippen LogP contribution in [0.5, 0.6) is 0 Å². The maximum absolute atomic E-state index is 12.5. The molecule has 0 spiro atoms. The van der Waals surface area contributed by atoms with Crippen molar-refractivity contribution in [1.29, 1.82) is 0 Å². The minimum absolute atomic E-state index is 0.121. The maximum Gasteiger partial charge on any atom is 0.257 e. The Morgan fingerprint density at radius 3 is 2.41 bits per heavy atom. The number of benzene rings is 2. The number of thiazole rings is 1. The zero-order chi connectivity index (χ0) is 24.8. The Morgan fingerprint density at radius 1 is 1.03 bits per heavy atom. The molecule has 3 rings (SSSR count). The van der Waals surface area contributed by atoms with Gasteiger partial charge >= 0.3 is 0 Å². The van der Waals surface area contributed by atoms with Crippen molar-refractivity contribution in [3.05, 3.63) is 75.8 Å². The molecule has 0 saturated heterocycles. The summed E-state index contributed by atoms with van der Waals surface area (Å²) < 4.78 is 4.25. The number of rotatable bonds is 11. The molecule has 2 aromatic carbocycles. The molecule has 0 atom stereocenters. The molecule has 0 bridgehead atoms. The number of hydrogen-bond donors (Lipinski definition) is 2. The van der Waals surface area contributed by atoms with E-state index in [1.54, 1.807) is 14.2 Å². The van der Waals surface area contributed by atoms with Gasteiger partial charge in [-0.25, -0.2) is 4.98 Å². The Balaban J connectivity index is 0.00000129. The van der Waals surface area contributed by atoms with Gasteiger partial charge in [-0.3, -0.25) is 10.1 Å². The first-order valence-electron chi connectivity index (χ1n) is 12.1. The van der Waals surface area contributed by atoms with Crippen LogP contribution in [-0.4, -0.2) is 25.1 Å². The van der Waals surface area contributed by atoms with Gasteiger partial charge in [-0.1, -0.05) is 57.4 Å². The Hall–Kier alpha value is -2.70. The Bertz CT molecular complexity index is 999. The van der Waals surface area contributed by atoms with E-state index in [-0.39, 0.29) is 5.91 Å². The molecule has 3 aromatic rings. The molecule has 1 amide bonds. The van der Waals surface area contributed by atoms with Crippen LogP contribution in [0.3, 0.4) is 0 Å². The van der Waals surface area contributed by atoms with Crippen LogP contribution in [0.2, 0.25) is 0 Å². The highest BCUT2D eigenvalue weighted by molar-refractivity contribution is 7.13. The van der Waals surface area contributed by atoms with Crippen molar-refractivity contribution in [3.63, 3.8) is 0 Å². The molecule has 0 aliphatic carbocycles. The van der Waals surface area contributed by atoms with Crippen molar-refractivity contribution >= 4 is 28.1 Å². The lowest BCUT2D eigenvalue weighted by molar-refractivity contribution is 0.102. The van der Waals surface area contributed by atoms with Crippen molar-refractivity contribution in [2.24, 2.45) is 0 Å². The van der Waals surface area contributed by atoms with Crippen LogP contribution >= 0.6 is 11.3 Å². The van der Waals surface area contributed by atoms with Crippen LogP contribution < -0.4 is 10.6 Å². The fraction of sp³-hybridized carbons (Fsp3) is 0.429. The topological polar surface area (TPSA) is 63.2 Å². The van der Waals surface area contributed by atoms with Crippen LogP contribution in [0, 0.1) is 6.92 Å². The van der Waals surface area contributed by atoms with Gasteiger partial charge in [0.25, 0.3) is 5.91 Å². The molecule has 5 nitrogen and oxygen atoms in total. The predicted molar refractivity (Wildman–Crippen MR) is 145 cm³/mol. The fourth-order valence-corrected chi connectivity index (χ4v) is 4.38. The molecule has 0 fully saturated rings. The highest BCUT2D eigenvalue weighted by Crippen LogP contribution is 2.23. The van der Waals surface area contributed by atoms with Crippen molar-refractivity contribution in [1.82, 2.24) is 4.98 Å². The number of carbonyl (C=O) groups is 1. The number of amides is 1. The molecular formula is C28H39N3O2S. The Morgan fingerprint density at radius 2 is 1.76 bits per heavy atom. The molecule has 1 aromatic heterocycles. The van der Waals surface area contributed by atoms with E-state index in [9.17, 15) is 4.79 Å². The number of ether oxygens (including phenoxy) is 1. The maximum atomic E-state index is 12.5. The summed E-state index contributed by atoms with van der Waals surface area (Å²) in [5, 5.41) is 9.12. The molecule has 0 radical (unpaired) electrons. The molecule has 1 heterocycles. The fourth-order valence-electron chi connectivity index (χ4n) is 3.60. The zero-order valence-electron chi connectivity index (χ0n) is 21.2. The Kier molecular flexibility index (Phi) is 12.4. The number of unbranched alkanes of at least 4 members (excludes halogenated alkanes) is 3. The summed E-state index contributed by atoms with van der Waals surface area (Å²) in [5.41, 5.74) is 6.78. The molecule has 34 heavy (non-hydrogen) atoms. The first kappa shape index (κ1) is 27.5. The number of nitrogens with zero attached hydrogens (tertiary/aromatic N) is 1. The van der Waals surface area contributed by atoms with E-state index >= 15 is 0 Å². The summed E-state index contributed by atoms with van der Waals surface area (Å²) in [6.45, 7) is 7.23. The second-order valence-electron chi connectivity index (χ2n) is 8.32. The van der Waals surface area contributed by atoms with Crippen LogP contribution in [0.15, 0.2) is 47.8 Å².